The molecule has 3 nitrogen and oxygen atoms in total. The molecule has 28 heavy (non-hydrogen) atoms. The van der Waals surface area contributed by atoms with E-state index in [0.717, 1.165) is 33.5 Å². The first-order valence-corrected chi connectivity index (χ1v) is 10.1. The van der Waals surface area contributed by atoms with E-state index < -0.39 is 6.23 Å². The van der Waals surface area contributed by atoms with Crippen molar-refractivity contribution < 1.29 is 9.13 Å². The van der Waals surface area contributed by atoms with Crippen molar-refractivity contribution in [2.45, 2.75) is 18.7 Å². The smallest absolute Gasteiger partial charge is 0.216 e. The Bertz CT molecular complexity index is 1090. The molecule has 0 aromatic heterocycles. The average Bonchev–Trinajstić information content (AvgIpc) is 3.15. The van der Waals surface area contributed by atoms with Crippen LogP contribution >= 0.6 is 27.5 Å². The van der Waals surface area contributed by atoms with Gasteiger partial charge in [-0.3, -0.25) is 0 Å². The second-order valence-corrected chi connectivity index (χ2v) is 8.18. The number of rotatable bonds is 2. The van der Waals surface area contributed by atoms with E-state index >= 15 is 0 Å². The minimum absolute atomic E-state index is 0.0213. The lowest BCUT2D eigenvalue weighted by Gasteiger charge is -2.38. The van der Waals surface area contributed by atoms with Crippen LogP contribution in [0.25, 0.3) is 0 Å². The monoisotopic (exact) mass is 456 g/mol. The summed E-state index contributed by atoms with van der Waals surface area (Å²) in [6.07, 6.45) is 0.0484. The Labute approximate surface area is 175 Å². The summed E-state index contributed by atoms with van der Waals surface area (Å²) in [5.74, 6) is 0.389. The van der Waals surface area contributed by atoms with E-state index in [0.29, 0.717) is 10.6 Å². The van der Waals surface area contributed by atoms with Crippen LogP contribution in [0.1, 0.15) is 35.4 Å². The SMILES string of the molecule is Fc1ccc(Cl)cc1C1Oc2ccccc2C2CC(c3ccc(Br)cc3)=NN21. The Balaban J connectivity index is 1.62. The van der Waals surface area contributed by atoms with Gasteiger partial charge in [-0.2, -0.15) is 5.10 Å². The molecule has 2 aliphatic heterocycles. The topological polar surface area (TPSA) is 24.8 Å². The van der Waals surface area contributed by atoms with E-state index in [1.165, 1.54) is 12.1 Å². The molecule has 0 radical (unpaired) electrons. The third-order valence-electron chi connectivity index (χ3n) is 5.10. The van der Waals surface area contributed by atoms with Crippen LogP contribution in [0, 0.1) is 5.82 Å². The number of para-hydroxylation sites is 1. The van der Waals surface area contributed by atoms with E-state index in [1.54, 1.807) is 6.07 Å². The molecule has 0 fully saturated rings. The largest absolute Gasteiger partial charge is 0.464 e. The number of hydrogen-bond donors (Lipinski definition) is 0. The van der Waals surface area contributed by atoms with E-state index in [9.17, 15) is 4.39 Å². The molecule has 0 N–H and O–H groups in total. The zero-order valence-corrected chi connectivity index (χ0v) is 17.0. The Kier molecular flexibility index (Phi) is 4.37. The maximum Gasteiger partial charge on any atom is 0.216 e. The fraction of sp³-hybridized carbons (Fsp3) is 0.136. The molecule has 3 aromatic rings. The maximum atomic E-state index is 14.6. The number of halogens is 3. The highest BCUT2D eigenvalue weighted by Crippen LogP contribution is 2.48. The first-order chi connectivity index (χ1) is 13.6. The van der Waals surface area contributed by atoms with E-state index in [-0.39, 0.29) is 11.9 Å². The van der Waals surface area contributed by atoms with Gasteiger partial charge in [-0.15, -0.1) is 0 Å². The zero-order chi connectivity index (χ0) is 19.3. The van der Waals surface area contributed by atoms with E-state index in [1.807, 2.05) is 53.5 Å². The molecular formula is C22H15BrClFN2O. The highest BCUT2D eigenvalue weighted by molar-refractivity contribution is 9.10. The lowest BCUT2D eigenvalue weighted by molar-refractivity contribution is -0.0211. The van der Waals surface area contributed by atoms with Gasteiger partial charge in [0.1, 0.15) is 11.6 Å². The zero-order valence-electron chi connectivity index (χ0n) is 14.6. The van der Waals surface area contributed by atoms with Crippen LogP contribution in [0.5, 0.6) is 5.75 Å². The van der Waals surface area contributed by atoms with Crippen LogP contribution in [0.4, 0.5) is 4.39 Å². The van der Waals surface area contributed by atoms with Crippen LogP contribution in [-0.4, -0.2) is 10.7 Å². The number of nitrogens with zero attached hydrogens (tertiary/aromatic N) is 2. The van der Waals surface area contributed by atoms with Crippen LogP contribution < -0.4 is 4.74 Å². The van der Waals surface area contributed by atoms with Crippen molar-refractivity contribution in [1.29, 1.82) is 0 Å². The number of benzene rings is 3. The summed E-state index contributed by atoms with van der Waals surface area (Å²) in [5.41, 5.74) is 3.43. The second-order valence-electron chi connectivity index (χ2n) is 6.83. The number of ether oxygens (including phenoxy) is 1. The number of hydrazone groups is 1. The highest BCUT2D eigenvalue weighted by atomic mass is 79.9. The van der Waals surface area contributed by atoms with Gasteiger partial charge >= 0.3 is 0 Å². The van der Waals surface area contributed by atoms with Gasteiger partial charge in [0.05, 0.1) is 17.3 Å². The summed E-state index contributed by atoms with van der Waals surface area (Å²) in [6, 6.07) is 20.4. The molecule has 0 spiro atoms. The van der Waals surface area contributed by atoms with Gasteiger partial charge in [-0.1, -0.05) is 57.9 Å². The molecule has 0 aliphatic carbocycles. The number of fused-ring (bicyclic) bond motifs is 3. The molecule has 2 heterocycles. The molecule has 6 heteroatoms. The van der Waals surface area contributed by atoms with Crippen molar-refractivity contribution in [2.75, 3.05) is 0 Å². The van der Waals surface area contributed by atoms with Crippen molar-refractivity contribution in [3.8, 4) is 5.75 Å². The first-order valence-electron chi connectivity index (χ1n) is 8.92. The van der Waals surface area contributed by atoms with E-state index in [2.05, 4.69) is 15.9 Å². The van der Waals surface area contributed by atoms with Gasteiger partial charge in [-0.05, 0) is 42.0 Å². The van der Waals surface area contributed by atoms with Gasteiger partial charge in [0.15, 0.2) is 0 Å². The Morgan fingerprint density at radius 1 is 1.04 bits per heavy atom. The van der Waals surface area contributed by atoms with Crippen molar-refractivity contribution in [3.63, 3.8) is 0 Å². The lowest BCUT2D eigenvalue weighted by atomic mass is 9.96. The summed E-state index contributed by atoms with van der Waals surface area (Å²) in [5, 5.41) is 7.16. The molecule has 0 saturated carbocycles. The lowest BCUT2D eigenvalue weighted by Crippen LogP contribution is -2.34. The van der Waals surface area contributed by atoms with Gasteiger partial charge in [0, 0.05) is 21.5 Å². The third-order valence-corrected chi connectivity index (χ3v) is 5.86. The summed E-state index contributed by atoms with van der Waals surface area (Å²) in [7, 11) is 0. The van der Waals surface area contributed by atoms with Crippen LogP contribution in [0.2, 0.25) is 5.02 Å². The van der Waals surface area contributed by atoms with Crippen molar-refractivity contribution in [1.82, 2.24) is 5.01 Å². The van der Waals surface area contributed by atoms with Gasteiger partial charge < -0.3 is 4.74 Å². The molecule has 2 unspecified atom stereocenters. The summed E-state index contributed by atoms with van der Waals surface area (Å²) < 4.78 is 21.8. The first kappa shape index (κ1) is 17.7. The molecule has 140 valence electrons. The van der Waals surface area contributed by atoms with Crippen LogP contribution in [0.3, 0.4) is 0 Å². The minimum atomic E-state index is -0.674. The molecule has 5 rings (SSSR count). The predicted octanol–water partition coefficient (Wildman–Crippen LogP) is 6.48. The maximum absolute atomic E-state index is 14.6. The highest BCUT2D eigenvalue weighted by Gasteiger charge is 2.41. The van der Waals surface area contributed by atoms with Gasteiger partial charge in [0.25, 0.3) is 0 Å². The fourth-order valence-corrected chi connectivity index (χ4v) is 4.20. The standard InChI is InChI=1S/C22H15BrClFN2O/c23-14-7-5-13(6-8-14)19-12-20-16-3-1-2-4-21(16)28-22(27(20)26-19)17-11-15(24)9-10-18(17)25/h1-11,20,22H,12H2. The van der Waals surface area contributed by atoms with Crippen molar-refractivity contribution in [2.24, 2.45) is 5.10 Å². The third kappa shape index (κ3) is 2.99. The Morgan fingerprint density at radius 2 is 1.82 bits per heavy atom. The minimum Gasteiger partial charge on any atom is -0.464 e. The fourth-order valence-electron chi connectivity index (χ4n) is 3.76. The Morgan fingerprint density at radius 3 is 2.64 bits per heavy atom. The van der Waals surface area contributed by atoms with Crippen LogP contribution in [0.15, 0.2) is 76.3 Å². The van der Waals surface area contributed by atoms with Gasteiger partial charge in [-0.25, -0.2) is 9.40 Å². The Hall–Kier alpha value is -2.37. The molecule has 2 atom stereocenters. The normalized spacial score (nSPS) is 20.2. The predicted molar refractivity (Wildman–Crippen MR) is 111 cm³/mol. The average molecular weight is 458 g/mol. The molecule has 0 saturated heterocycles. The molecule has 2 aliphatic rings. The quantitative estimate of drug-likeness (QED) is 0.440. The molecular weight excluding hydrogens is 443 g/mol. The summed E-state index contributed by atoms with van der Waals surface area (Å²) in [6.45, 7) is 0. The second kappa shape index (κ2) is 6.90. The van der Waals surface area contributed by atoms with Crippen molar-refractivity contribution in [3.05, 3.63) is 98.7 Å². The molecule has 3 aromatic carbocycles. The summed E-state index contributed by atoms with van der Waals surface area (Å²) in [4.78, 5) is 0. The van der Waals surface area contributed by atoms with E-state index in [4.69, 9.17) is 21.4 Å². The van der Waals surface area contributed by atoms with Crippen molar-refractivity contribution >= 4 is 33.2 Å². The summed E-state index contributed by atoms with van der Waals surface area (Å²) >= 11 is 9.60. The number of hydrogen-bond acceptors (Lipinski definition) is 3. The van der Waals surface area contributed by atoms with Gasteiger partial charge in [0.2, 0.25) is 6.23 Å². The molecule has 0 amide bonds. The molecule has 0 bridgehead atoms. The van der Waals surface area contributed by atoms with Crippen LogP contribution in [-0.2, 0) is 0 Å².